The summed E-state index contributed by atoms with van der Waals surface area (Å²) in [5.41, 5.74) is 15.3. The van der Waals surface area contributed by atoms with Crippen molar-refractivity contribution in [1.82, 2.24) is 0 Å². The third kappa shape index (κ3) is 7.03. The minimum Gasteiger partial charge on any atom is -0.310 e. The molecule has 11 rings (SSSR count). The van der Waals surface area contributed by atoms with Crippen molar-refractivity contribution in [3.05, 3.63) is 249 Å². The first kappa shape index (κ1) is 36.1. The highest BCUT2D eigenvalue weighted by atomic mass is 15.1. The summed E-state index contributed by atoms with van der Waals surface area (Å²) in [6.45, 7) is 0. The molecule has 0 amide bonds. The molecule has 0 spiro atoms. The van der Waals surface area contributed by atoms with E-state index in [1.807, 2.05) is 0 Å². The maximum atomic E-state index is 2.38. The molecule has 11 aromatic carbocycles. The summed E-state index contributed by atoms with van der Waals surface area (Å²) in [7, 11) is 0. The van der Waals surface area contributed by atoms with Crippen LogP contribution >= 0.6 is 0 Å². The molecule has 0 radical (unpaired) electrons. The molecule has 0 heterocycles. The molecule has 0 aliphatic heterocycles. The Morgan fingerprint density at radius 2 is 0.656 bits per heavy atom. The fraction of sp³-hybridized carbons (Fsp3) is 0. The summed E-state index contributed by atoms with van der Waals surface area (Å²) in [6.07, 6.45) is 0. The van der Waals surface area contributed by atoms with Crippen molar-refractivity contribution in [2.24, 2.45) is 0 Å². The van der Waals surface area contributed by atoms with Crippen molar-refractivity contribution in [3.8, 4) is 55.6 Å². The normalized spacial score (nSPS) is 11.3. The molecule has 0 saturated heterocycles. The summed E-state index contributed by atoms with van der Waals surface area (Å²) in [5.74, 6) is 0. The maximum absolute atomic E-state index is 2.38. The zero-order valence-corrected chi connectivity index (χ0v) is 33.6. The lowest BCUT2D eigenvalue weighted by Gasteiger charge is -2.26. The van der Waals surface area contributed by atoms with Gasteiger partial charge in [0.2, 0.25) is 0 Å². The third-order valence-corrected chi connectivity index (χ3v) is 12.0. The van der Waals surface area contributed by atoms with E-state index in [0.29, 0.717) is 0 Å². The van der Waals surface area contributed by atoms with Gasteiger partial charge in [0.25, 0.3) is 0 Å². The molecule has 0 aliphatic carbocycles. The molecular weight excluding hydrogens is 735 g/mol. The van der Waals surface area contributed by atoms with Crippen molar-refractivity contribution in [3.63, 3.8) is 0 Å². The van der Waals surface area contributed by atoms with E-state index in [9.17, 15) is 0 Å². The van der Waals surface area contributed by atoms with Crippen LogP contribution < -0.4 is 4.90 Å². The van der Waals surface area contributed by atoms with Crippen LogP contribution in [-0.4, -0.2) is 0 Å². The number of rotatable bonds is 8. The Bertz CT molecular complexity index is 3340. The Morgan fingerprint density at radius 1 is 0.213 bits per heavy atom. The molecule has 1 nitrogen and oxygen atoms in total. The molecule has 11 aromatic rings. The first-order chi connectivity index (χ1) is 30.2. The first-order valence-electron chi connectivity index (χ1n) is 21.0. The SMILES string of the molecule is c1ccc(-c2c(-c3ccc(N(c4ccc(-c5ccc6ccccc6c5)cc4)c4cccc(-c5cccc(-c6ccc7ccccc7c6)c5)c4)cc3)ccc3ccccc23)cc1. The quantitative estimate of drug-likeness (QED) is 0.149. The van der Waals surface area contributed by atoms with Gasteiger partial charge >= 0.3 is 0 Å². The molecule has 0 bridgehead atoms. The van der Waals surface area contributed by atoms with Gasteiger partial charge < -0.3 is 4.90 Å². The highest BCUT2D eigenvalue weighted by molar-refractivity contribution is 6.04. The molecule has 0 fully saturated rings. The van der Waals surface area contributed by atoms with Crippen LogP contribution in [0.2, 0.25) is 0 Å². The van der Waals surface area contributed by atoms with E-state index >= 15 is 0 Å². The van der Waals surface area contributed by atoms with Crippen molar-refractivity contribution < 1.29 is 0 Å². The molecule has 0 atom stereocenters. The monoisotopic (exact) mass is 775 g/mol. The molecule has 0 unspecified atom stereocenters. The molecule has 61 heavy (non-hydrogen) atoms. The van der Waals surface area contributed by atoms with E-state index in [1.54, 1.807) is 0 Å². The molecule has 0 N–H and O–H groups in total. The fourth-order valence-electron chi connectivity index (χ4n) is 8.91. The highest BCUT2D eigenvalue weighted by Crippen LogP contribution is 2.42. The van der Waals surface area contributed by atoms with Crippen LogP contribution in [0.4, 0.5) is 17.1 Å². The van der Waals surface area contributed by atoms with Gasteiger partial charge in [0.1, 0.15) is 0 Å². The second-order valence-corrected chi connectivity index (χ2v) is 15.8. The third-order valence-electron chi connectivity index (χ3n) is 12.0. The smallest absolute Gasteiger partial charge is 0.0467 e. The molecule has 1 heteroatoms. The number of hydrogen-bond acceptors (Lipinski definition) is 1. The Hall–Kier alpha value is -8.00. The number of anilines is 3. The fourth-order valence-corrected chi connectivity index (χ4v) is 8.91. The van der Waals surface area contributed by atoms with Crippen molar-refractivity contribution in [2.45, 2.75) is 0 Å². The zero-order chi connectivity index (χ0) is 40.5. The lowest BCUT2D eigenvalue weighted by atomic mass is 9.90. The minimum atomic E-state index is 1.09. The Balaban J connectivity index is 1.00. The van der Waals surface area contributed by atoms with Crippen molar-refractivity contribution in [1.29, 1.82) is 0 Å². The minimum absolute atomic E-state index is 1.09. The average Bonchev–Trinajstić information content (AvgIpc) is 3.34. The number of fused-ring (bicyclic) bond motifs is 3. The van der Waals surface area contributed by atoms with Crippen LogP contribution in [0.25, 0.3) is 88.0 Å². The predicted octanol–water partition coefficient (Wildman–Crippen LogP) is 17.0. The number of nitrogens with zero attached hydrogens (tertiary/aromatic N) is 1. The Labute approximate surface area is 357 Å². The van der Waals surface area contributed by atoms with E-state index in [0.717, 1.165) is 17.1 Å². The lowest BCUT2D eigenvalue weighted by molar-refractivity contribution is 1.28. The van der Waals surface area contributed by atoms with Crippen LogP contribution in [-0.2, 0) is 0 Å². The van der Waals surface area contributed by atoms with E-state index < -0.39 is 0 Å². The maximum Gasteiger partial charge on any atom is 0.0467 e. The van der Waals surface area contributed by atoms with E-state index in [1.165, 1.54) is 88.0 Å². The highest BCUT2D eigenvalue weighted by Gasteiger charge is 2.17. The molecule has 0 aromatic heterocycles. The van der Waals surface area contributed by atoms with Gasteiger partial charge in [0, 0.05) is 17.1 Å². The Kier molecular flexibility index (Phi) is 9.26. The average molecular weight is 776 g/mol. The standard InChI is InChI=1S/C60H41N/c1-2-15-47(16-3-1)60-58-23-9-8-14-45(58)32-37-59(60)46-30-35-56(36-31-46)61(55-33-28-44(29-34-55)53-26-24-42-12-4-6-17-48(42)38-53)57-22-11-21-52(41-57)50-19-10-20-51(40-50)54-27-25-43-13-5-7-18-49(43)39-54/h1-41H. The van der Waals surface area contributed by atoms with Gasteiger partial charge in [-0.15, -0.1) is 0 Å². The molecule has 0 aliphatic rings. The van der Waals surface area contributed by atoms with Crippen LogP contribution in [0.5, 0.6) is 0 Å². The van der Waals surface area contributed by atoms with Gasteiger partial charge in [-0.05, 0) is 143 Å². The van der Waals surface area contributed by atoms with Crippen LogP contribution in [0.15, 0.2) is 249 Å². The molecule has 286 valence electrons. The van der Waals surface area contributed by atoms with Gasteiger partial charge in [-0.25, -0.2) is 0 Å². The number of benzene rings is 11. The second kappa shape index (κ2) is 15.6. The second-order valence-electron chi connectivity index (χ2n) is 15.8. The lowest BCUT2D eigenvalue weighted by Crippen LogP contribution is -2.10. The molecular formula is C60H41N. The molecule has 0 saturated carbocycles. The van der Waals surface area contributed by atoms with Gasteiger partial charge in [0.05, 0.1) is 0 Å². The predicted molar refractivity (Wildman–Crippen MR) is 261 cm³/mol. The van der Waals surface area contributed by atoms with Crippen LogP contribution in [0, 0.1) is 0 Å². The van der Waals surface area contributed by atoms with Gasteiger partial charge in [-0.3, -0.25) is 0 Å². The van der Waals surface area contributed by atoms with E-state index in [4.69, 9.17) is 0 Å². The Morgan fingerprint density at radius 3 is 1.30 bits per heavy atom. The van der Waals surface area contributed by atoms with E-state index in [2.05, 4.69) is 254 Å². The first-order valence-corrected chi connectivity index (χ1v) is 21.0. The van der Waals surface area contributed by atoms with Crippen molar-refractivity contribution >= 4 is 49.4 Å². The van der Waals surface area contributed by atoms with Gasteiger partial charge in [-0.2, -0.15) is 0 Å². The largest absolute Gasteiger partial charge is 0.310 e. The van der Waals surface area contributed by atoms with E-state index in [-0.39, 0.29) is 0 Å². The zero-order valence-electron chi connectivity index (χ0n) is 33.6. The van der Waals surface area contributed by atoms with Gasteiger partial charge in [-0.1, -0.05) is 194 Å². The van der Waals surface area contributed by atoms with Crippen LogP contribution in [0.3, 0.4) is 0 Å². The van der Waals surface area contributed by atoms with Crippen LogP contribution in [0.1, 0.15) is 0 Å². The topological polar surface area (TPSA) is 3.24 Å². The number of hydrogen-bond donors (Lipinski definition) is 0. The van der Waals surface area contributed by atoms with Crippen molar-refractivity contribution in [2.75, 3.05) is 4.90 Å². The summed E-state index contributed by atoms with van der Waals surface area (Å²) in [4.78, 5) is 2.38. The summed E-state index contributed by atoms with van der Waals surface area (Å²) in [6, 6.07) is 90.5. The summed E-state index contributed by atoms with van der Waals surface area (Å²) >= 11 is 0. The summed E-state index contributed by atoms with van der Waals surface area (Å²) in [5, 5.41) is 7.49. The van der Waals surface area contributed by atoms with Gasteiger partial charge in [0.15, 0.2) is 0 Å². The summed E-state index contributed by atoms with van der Waals surface area (Å²) < 4.78 is 0.